The first-order valence-electron chi connectivity index (χ1n) is 10.7. The first kappa shape index (κ1) is 21.4. The van der Waals surface area contributed by atoms with E-state index >= 15 is 0 Å². The molecule has 30 heavy (non-hydrogen) atoms. The molecule has 0 aromatic carbocycles. The SMILES string of the molecule is Cc1cc(C(=O)CSc2nnc(Cc3cccs3)n2C2CC2)c(C)n1CCC(C)C. The van der Waals surface area contributed by atoms with Crippen LogP contribution in [0.1, 0.15) is 71.6 Å². The van der Waals surface area contributed by atoms with Crippen LogP contribution in [0.15, 0.2) is 28.7 Å². The predicted octanol–water partition coefficient (Wildman–Crippen LogP) is 5.70. The van der Waals surface area contributed by atoms with Gasteiger partial charge in [-0.2, -0.15) is 0 Å². The third kappa shape index (κ3) is 4.72. The van der Waals surface area contributed by atoms with Gasteiger partial charge in [0.15, 0.2) is 10.9 Å². The van der Waals surface area contributed by atoms with E-state index in [1.165, 1.54) is 35.2 Å². The van der Waals surface area contributed by atoms with Gasteiger partial charge in [-0.25, -0.2) is 0 Å². The third-order valence-electron chi connectivity index (χ3n) is 5.70. The van der Waals surface area contributed by atoms with Crippen LogP contribution in [0.2, 0.25) is 0 Å². The maximum absolute atomic E-state index is 13.0. The minimum absolute atomic E-state index is 0.175. The Labute approximate surface area is 186 Å². The van der Waals surface area contributed by atoms with Crippen molar-refractivity contribution < 1.29 is 4.79 Å². The molecule has 0 atom stereocenters. The van der Waals surface area contributed by atoms with Crippen LogP contribution in [0.5, 0.6) is 0 Å². The Morgan fingerprint density at radius 2 is 2.10 bits per heavy atom. The lowest BCUT2D eigenvalue weighted by molar-refractivity contribution is 0.102. The molecule has 0 bridgehead atoms. The summed E-state index contributed by atoms with van der Waals surface area (Å²) < 4.78 is 4.55. The van der Waals surface area contributed by atoms with Crippen molar-refractivity contribution in [3.63, 3.8) is 0 Å². The van der Waals surface area contributed by atoms with Crippen molar-refractivity contribution in [2.24, 2.45) is 5.92 Å². The number of Topliss-reactive ketones (excluding diaryl/α,β-unsaturated/α-hetero) is 1. The van der Waals surface area contributed by atoms with Crippen molar-refractivity contribution in [1.29, 1.82) is 0 Å². The third-order valence-corrected chi connectivity index (χ3v) is 7.52. The molecule has 3 aromatic heterocycles. The lowest BCUT2D eigenvalue weighted by Crippen LogP contribution is -2.09. The van der Waals surface area contributed by atoms with Gasteiger partial charge in [0.25, 0.3) is 0 Å². The van der Waals surface area contributed by atoms with Crippen molar-refractivity contribution in [2.75, 3.05) is 5.75 Å². The minimum Gasteiger partial charge on any atom is -0.348 e. The summed E-state index contributed by atoms with van der Waals surface area (Å²) in [5, 5.41) is 11.9. The highest BCUT2D eigenvalue weighted by Gasteiger charge is 2.30. The fourth-order valence-electron chi connectivity index (χ4n) is 3.82. The number of aryl methyl sites for hydroxylation is 1. The fraction of sp³-hybridized carbons (Fsp3) is 0.522. The molecule has 3 aromatic rings. The van der Waals surface area contributed by atoms with Crippen LogP contribution in [-0.2, 0) is 13.0 Å². The monoisotopic (exact) mass is 442 g/mol. The van der Waals surface area contributed by atoms with Gasteiger partial charge in [-0.3, -0.25) is 4.79 Å². The molecule has 7 heteroatoms. The number of carbonyl (C=O) groups excluding carboxylic acids is 1. The summed E-state index contributed by atoms with van der Waals surface area (Å²) in [5.74, 6) is 2.24. The molecule has 1 aliphatic rings. The molecular formula is C23H30N4OS2. The average Bonchev–Trinajstić information content (AvgIpc) is 3.13. The van der Waals surface area contributed by atoms with Gasteiger partial charge < -0.3 is 9.13 Å². The lowest BCUT2D eigenvalue weighted by atomic mass is 10.1. The molecule has 0 spiro atoms. The first-order valence-corrected chi connectivity index (χ1v) is 12.6. The second-order valence-corrected chi connectivity index (χ2v) is 10.6. The molecule has 1 fully saturated rings. The van der Waals surface area contributed by atoms with Gasteiger partial charge >= 0.3 is 0 Å². The Hall–Kier alpha value is -1.86. The van der Waals surface area contributed by atoms with Crippen LogP contribution in [0, 0.1) is 19.8 Å². The summed E-state index contributed by atoms with van der Waals surface area (Å²) in [6.07, 6.45) is 4.28. The number of aromatic nitrogens is 4. The summed E-state index contributed by atoms with van der Waals surface area (Å²) in [6.45, 7) is 9.60. The molecule has 1 aliphatic carbocycles. The Kier molecular flexibility index (Phi) is 6.48. The van der Waals surface area contributed by atoms with Crippen molar-refractivity contribution in [3.05, 3.63) is 51.2 Å². The molecule has 0 aliphatic heterocycles. The van der Waals surface area contributed by atoms with Crippen molar-refractivity contribution in [2.45, 2.75) is 71.1 Å². The standard InChI is InChI=1S/C23H30N4OS2/c1-15(2)9-10-26-16(3)12-20(17(26)4)21(28)14-30-23-25-24-22(27(23)18-7-8-18)13-19-6-5-11-29-19/h5-6,11-12,15,18H,7-10,13-14H2,1-4H3. The molecule has 0 amide bonds. The molecule has 1 saturated carbocycles. The lowest BCUT2D eigenvalue weighted by Gasteiger charge is -2.11. The quantitative estimate of drug-likeness (QED) is 0.298. The van der Waals surface area contributed by atoms with Gasteiger partial charge in [0, 0.05) is 40.8 Å². The number of thiophene rings is 1. The van der Waals surface area contributed by atoms with Crippen LogP contribution in [0.4, 0.5) is 0 Å². The van der Waals surface area contributed by atoms with E-state index < -0.39 is 0 Å². The minimum atomic E-state index is 0.175. The zero-order valence-electron chi connectivity index (χ0n) is 18.2. The number of carbonyl (C=O) groups is 1. The average molecular weight is 443 g/mol. The molecule has 0 saturated heterocycles. The molecule has 160 valence electrons. The van der Waals surface area contributed by atoms with E-state index in [9.17, 15) is 4.79 Å². The second kappa shape index (κ2) is 9.10. The van der Waals surface area contributed by atoms with Gasteiger partial charge in [-0.15, -0.1) is 21.5 Å². The van der Waals surface area contributed by atoms with E-state index in [0.29, 0.717) is 17.7 Å². The number of nitrogens with zero attached hydrogens (tertiary/aromatic N) is 4. The maximum Gasteiger partial charge on any atom is 0.191 e. The van der Waals surface area contributed by atoms with Crippen LogP contribution in [-0.4, -0.2) is 30.9 Å². The molecule has 4 rings (SSSR count). The molecule has 5 nitrogen and oxygen atoms in total. The van der Waals surface area contributed by atoms with Crippen molar-refractivity contribution >= 4 is 28.9 Å². The smallest absolute Gasteiger partial charge is 0.191 e. The van der Waals surface area contributed by atoms with Gasteiger partial charge in [0.1, 0.15) is 5.82 Å². The largest absolute Gasteiger partial charge is 0.348 e. The van der Waals surface area contributed by atoms with Crippen molar-refractivity contribution in [1.82, 2.24) is 19.3 Å². The normalized spacial score (nSPS) is 14.0. The maximum atomic E-state index is 13.0. The Morgan fingerprint density at radius 3 is 2.77 bits per heavy atom. The Balaban J connectivity index is 1.46. The van der Waals surface area contributed by atoms with Crippen LogP contribution in [0.25, 0.3) is 0 Å². The van der Waals surface area contributed by atoms with E-state index in [1.54, 1.807) is 11.3 Å². The zero-order valence-corrected chi connectivity index (χ0v) is 19.9. The van der Waals surface area contributed by atoms with Crippen LogP contribution < -0.4 is 0 Å². The van der Waals surface area contributed by atoms with Crippen molar-refractivity contribution in [3.8, 4) is 0 Å². The zero-order chi connectivity index (χ0) is 21.3. The van der Waals surface area contributed by atoms with Gasteiger partial charge in [-0.1, -0.05) is 31.7 Å². The van der Waals surface area contributed by atoms with E-state index in [0.717, 1.165) is 41.6 Å². The molecule has 0 N–H and O–H groups in total. The highest BCUT2D eigenvalue weighted by molar-refractivity contribution is 7.99. The van der Waals surface area contributed by atoms with E-state index in [4.69, 9.17) is 0 Å². The second-order valence-electron chi connectivity index (χ2n) is 8.59. The molecular weight excluding hydrogens is 412 g/mol. The van der Waals surface area contributed by atoms with E-state index in [-0.39, 0.29) is 5.78 Å². The Morgan fingerprint density at radius 1 is 1.30 bits per heavy atom. The molecule has 3 heterocycles. The first-order chi connectivity index (χ1) is 14.4. The summed E-state index contributed by atoms with van der Waals surface area (Å²) >= 11 is 3.28. The van der Waals surface area contributed by atoms with Crippen LogP contribution >= 0.6 is 23.1 Å². The number of hydrogen-bond acceptors (Lipinski definition) is 5. The number of thioether (sulfide) groups is 1. The number of rotatable bonds is 10. The van der Waals surface area contributed by atoms with Gasteiger partial charge in [0.2, 0.25) is 0 Å². The topological polar surface area (TPSA) is 52.7 Å². The number of ketones is 1. The van der Waals surface area contributed by atoms with Crippen LogP contribution in [0.3, 0.4) is 0 Å². The molecule has 0 radical (unpaired) electrons. The van der Waals surface area contributed by atoms with E-state index in [1.807, 2.05) is 6.07 Å². The summed E-state index contributed by atoms with van der Waals surface area (Å²) in [5.41, 5.74) is 3.10. The van der Waals surface area contributed by atoms with Gasteiger partial charge in [-0.05, 0) is 56.5 Å². The highest BCUT2D eigenvalue weighted by atomic mass is 32.2. The fourth-order valence-corrected chi connectivity index (χ4v) is 5.43. The Bertz CT molecular complexity index is 1010. The van der Waals surface area contributed by atoms with Gasteiger partial charge in [0.05, 0.1) is 5.75 Å². The highest BCUT2D eigenvalue weighted by Crippen LogP contribution is 2.39. The van der Waals surface area contributed by atoms with E-state index in [2.05, 4.69) is 64.5 Å². The predicted molar refractivity (Wildman–Crippen MR) is 124 cm³/mol. The number of hydrogen-bond donors (Lipinski definition) is 0. The summed E-state index contributed by atoms with van der Waals surface area (Å²) in [6, 6.07) is 6.76. The summed E-state index contributed by atoms with van der Waals surface area (Å²) in [7, 11) is 0. The molecule has 0 unspecified atom stereocenters. The summed E-state index contributed by atoms with van der Waals surface area (Å²) in [4.78, 5) is 14.3.